The number of carboxylic acid groups (broad SMARTS) is 1. The monoisotopic (exact) mass is 240 g/mol. The van der Waals surface area contributed by atoms with Gasteiger partial charge in [0, 0.05) is 16.6 Å². The molecule has 88 valence electrons. The summed E-state index contributed by atoms with van der Waals surface area (Å²) >= 11 is 0. The van der Waals surface area contributed by atoms with E-state index in [1.54, 1.807) is 0 Å². The van der Waals surface area contributed by atoms with Crippen LogP contribution in [-0.4, -0.2) is 20.5 Å². The average molecular weight is 240 g/mol. The molecule has 0 aromatic heterocycles. The van der Waals surface area contributed by atoms with Crippen molar-refractivity contribution in [3.63, 3.8) is 0 Å². The summed E-state index contributed by atoms with van der Waals surface area (Å²) in [5.41, 5.74) is 3.11. The number of benzene rings is 1. The Morgan fingerprint density at radius 3 is 2.62 bits per heavy atom. The number of hydrogen-bond acceptors (Lipinski definition) is 2. The average Bonchev–Trinajstić information content (AvgIpc) is 2.22. The van der Waals surface area contributed by atoms with E-state index in [9.17, 15) is 9.00 Å². The molecule has 0 heterocycles. The highest BCUT2D eigenvalue weighted by molar-refractivity contribution is 7.85. The quantitative estimate of drug-likeness (QED) is 0.876. The van der Waals surface area contributed by atoms with E-state index in [-0.39, 0.29) is 0 Å². The minimum absolute atomic E-state index is 0.307. The van der Waals surface area contributed by atoms with Crippen LogP contribution in [-0.2, 0) is 21.3 Å². The van der Waals surface area contributed by atoms with Gasteiger partial charge in [-0.15, -0.1) is 0 Å². The molecule has 16 heavy (non-hydrogen) atoms. The fourth-order valence-corrected chi connectivity index (χ4v) is 2.44. The zero-order valence-electron chi connectivity index (χ0n) is 9.69. The summed E-state index contributed by atoms with van der Waals surface area (Å²) in [5, 5.41) is 7.94. The van der Waals surface area contributed by atoms with Crippen molar-refractivity contribution in [2.75, 3.05) is 0 Å². The van der Waals surface area contributed by atoms with E-state index >= 15 is 0 Å². The van der Waals surface area contributed by atoms with E-state index < -0.39 is 22.0 Å². The van der Waals surface area contributed by atoms with Crippen molar-refractivity contribution < 1.29 is 14.1 Å². The van der Waals surface area contributed by atoms with Crippen LogP contribution in [0.2, 0.25) is 0 Å². The molecule has 0 aliphatic rings. The Morgan fingerprint density at radius 2 is 2.06 bits per heavy atom. The summed E-state index contributed by atoms with van der Waals surface area (Å²) in [5.74, 6) is -0.704. The maximum atomic E-state index is 11.7. The predicted octanol–water partition coefficient (Wildman–Crippen LogP) is 2.03. The van der Waals surface area contributed by atoms with Gasteiger partial charge in [0.1, 0.15) is 5.25 Å². The molecule has 1 aromatic rings. The lowest BCUT2D eigenvalue weighted by Crippen LogP contribution is -2.23. The lowest BCUT2D eigenvalue weighted by Gasteiger charge is -2.09. The fourth-order valence-electron chi connectivity index (χ4n) is 1.35. The number of aryl methyl sites for hydroxylation is 2. The zero-order chi connectivity index (χ0) is 12.3. The van der Waals surface area contributed by atoms with E-state index in [4.69, 9.17) is 5.11 Å². The van der Waals surface area contributed by atoms with Gasteiger partial charge >= 0.3 is 5.97 Å². The number of hydrogen-bond donors (Lipinski definition) is 1. The van der Waals surface area contributed by atoms with Crippen LogP contribution >= 0.6 is 0 Å². The third-order valence-corrected chi connectivity index (χ3v) is 4.13. The van der Waals surface area contributed by atoms with Crippen molar-refractivity contribution in [2.24, 2.45) is 0 Å². The lowest BCUT2D eigenvalue weighted by molar-refractivity contribution is -0.136. The first kappa shape index (κ1) is 12.9. The summed E-state index contributed by atoms with van der Waals surface area (Å²) < 4.78 is 11.7. The van der Waals surface area contributed by atoms with Gasteiger partial charge in [-0.3, -0.25) is 9.00 Å². The van der Waals surface area contributed by atoms with Crippen molar-refractivity contribution in [3.05, 3.63) is 34.9 Å². The van der Waals surface area contributed by atoms with E-state index in [2.05, 4.69) is 0 Å². The highest BCUT2D eigenvalue weighted by atomic mass is 32.2. The predicted molar refractivity (Wildman–Crippen MR) is 64.9 cm³/mol. The second-order valence-corrected chi connectivity index (χ2v) is 5.69. The SMILES string of the molecule is Cc1ccc(C)c(CS(=O)C(C)C(=O)O)c1. The minimum Gasteiger partial charge on any atom is -0.480 e. The summed E-state index contributed by atoms with van der Waals surface area (Å²) in [4.78, 5) is 10.7. The molecule has 1 N–H and O–H groups in total. The summed E-state index contributed by atoms with van der Waals surface area (Å²) in [6.45, 7) is 5.38. The molecule has 2 atom stereocenters. The van der Waals surface area contributed by atoms with Gasteiger partial charge < -0.3 is 5.11 Å². The third kappa shape index (κ3) is 3.17. The van der Waals surface area contributed by atoms with Gasteiger partial charge in [-0.2, -0.15) is 0 Å². The molecule has 0 aliphatic carbocycles. The van der Waals surface area contributed by atoms with E-state index in [0.717, 1.165) is 16.7 Å². The molecule has 0 fully saturated rings. The first-order chi connectivity index (χ1) is 7.41. The number of rotatable bonds is 4. The Hall–Kier alpha value is -1.16. The molecule has 4 heteroatoms. The smallest absolute Gasteiger partial charge is 0.318 e. The largest absolute Gasteiger partial charge is 0.480 e. The molecule has 0 amide bonds. The van der Waals surface area contributed by atoms with Crippen LogP contribution in [0, 0.1) is 13.8 Å². The topological polar surface area (TPSA) is 54.4 Å². The minimum atomic E-state index is -1.36. The standard InChI is InChI=1S/C12H16O3S/c1-8-4-5-9(2)11(6-8)7-16(15)10(3)12(13)14/h4-6,10H,7H2,1-3H3,(H,13,14). The maximum Gasteiger partial charge on any atom is 0.318 e. The van der Waals surface area contributed by atoms with E-state index in [1.807, 2.05) is 32.0 Å². The molecule has 0 radical (unpaired) electrons. The molecule has 0 bridgehead atoms. The number of aliphatic carboxylic acids is 1. The Balaban J connectivity index is 2.84. The Bertz CT molecular complexity index is 426. The molecule has 0 saturated carbocycles. The van der Waals surface area contributed by atoms with Gasteiger partial charge in [0.05, 0.1) is 0 Å². The lowest BCUT2D eigenvalue weighted by atomic mass is 10.1. The number of carbonyl (C=O) groups is 1. The zero-order valence-corrected chi connectivity index (χ0v) is 10.5. The Labute approximate surface area is 98.0 Å². The van der Waals surface area contributed by atoms with Gasteiger partial charge in [0.15, 0.2) is 0 Å². The molecular formula is C12H16O3S. The third-order valence-electron chi connectivity index (χ3n) is 2.54. The Morgan fingerprint density at radius 1 is 1.44 bits per heavy atom. The first-order valence-electron chi connectivity index (χ1n) is 5.08. The van der Waals surface area contributed by atoms with Crippen LogP contribution in [0.15, 0.2) is 18.2 Å². The first-order valence-corrected chi connectivity index (χ1v) is 6.46. The molecule has 1 aromatic carbocycles. The van der Waals surface area contributed by atoms with Crippen molar-refractivity contribution in [2.45, 2.75) is 31.8 Å². The normalized spacial score (nSPS) is 14.4. The highest BCUT2D eigenvalue weighted by Gasteiger charge is 2.19. The van der Waals surface area contributed by atoms with Crippen LogP contribution in [0.25, 0.3) is 0 Å². The van der Waals surface area contributed by atoms with Crippen LogP contribution in [0.4, 0.5) is 0 Å². The van der Waals surface area contributed by atoms with E-state index in [1.165, 1.54) is 6.92 Å². The van der Waals surface area contributed by atoms with Crippen LogP contribution in [0.3, 0.4) is 0 Å². The molecule has 0 spiro atoms. The highest BCUT2D eigenvalue weighted by Crippen LogP contribution is 2.14. The fraction of sp³-hybridized carbons (Fsp3) is 0.417. The van der Waals surface area contributed by atoms with Crippen molar-refractivity contribution >= 4 is 16.8 Å². The molecule has 2 unspecified atom stereocenters. The second-order valence-electron chi connectivity index (χ2n) is 3.94. The van der Waals surface area contributed by atoms with Crippen molar-refractivity contribution in [1.82, 2.24) is 0 Å². The molecule has 1 rings (SSSR count). The number of carboxylic acids is 1. The van der Waals surface area contributed by atoms with Gasteiger partial charge in [-0.1, -0.05) is 23.8 Å². The summed E-state index contributed by atoms with van der Waals surface area (Å²) in [6.07, 6.45) is 0. The van der Waals surface area contributed by atoms with E-state index in [0.29, 0.717) is 5.75 Å². The summed E-state index contributed by atoms with van der Waals surface area (Å²) in [7, 11) is -1.36. The molecule has 0 aliphatic heterocycles. The molecule has 3 nitrogen and oxygen atoms in total. The van der Waals surface area contributed by atoms with Crippen LogP contribution in [0.1, 0.15) is 23.6 Å². The van der Waals surface area contributed by atoms with Gasteiger partial charge in [0.25, 0.3) is 0 Å². The molecular weight excluding hydrogens is 224 g/mol. The Kier molecular flexibility index (Phi) is 4.24. The summed E-state index contributed by atoms with van der Waals surface area (Å²) in [6, 6.07) is 5.91. The van der Waals surface area contributed by atoms with Crippen molar-refractivity contribution in [1.29, 1.82) is 0 Å². The molecule has 0 saturated heterocycles. The maximum absolute atomic E-state index is 11.7. The van der Waals surface area contributed by atoms with Crippen LogP contribution in [0.5, 0.6) is 0 Å². The van der Waals surface area contributed by atoms with Crippen molar-refractivity contribution in [3.8, 4) is 0 Å². The van der Waals surface area contributed by atoms with Gasteiger partial charge in [0.2, 0.25) is 0 Å². The van der Waals surface area contributed by atoms with Gasteiger partial charge in [-0.25, -0.2) is 0 Å². The van der Waals surface area contributed by atoms with Gasteiger partial charge in [-0.05, 0) is 31.9 Å². The second kappa shape index (κ2) is 5.25. The van der Waals surface area contributed by atoms with Crippen LogP contribution < -0.4 is 0 Å².